The number of hydrogen-bond donors (Lipinski definition) is 1. The first-order valence-electron chi connectivity index (χ1n) is 12.7. The van der Waals surface area contributed by atoms with Gasteiger partial charge in [0.25, 0.3) is 0 Å². The van der Waals surface area contributed by atoms with Crippen LogP contribution in [0.25, 0.3) is 11.8 Å². The molecule has 0 unspecified atom stereocenters. The summed E-state index contributed by atoms with van der Waals surface area (Å²) in [5.41, 5.74) is 5.71. The number of nitrogens with one attached hydrogen (secondary N) is 1. The van der Waals surface area contributed by atoms with Gasteiger partial charge in [-0.1, -0.05) is 24.1 Å². The largest absolute Gasteiger partial charge is 0.393 e. The van der Waals surface area contributed by atoms with E-state index < -0.39 is 18.1 Å². The fourth-order valence-corrected chi connectivity index (χ4v) is 6.59. The summed E-state index contributed by atoms with van der Waals surface area (Å²) in [7, 11) is 0. The van der Waals surface area contributed by atoms with Crippen molar-refractivity contribution >= 4 is 6.08 Å². The molecule has 2 aromatic heterocycles. The lowest BCUT2D eigenvalue weighted by molar-refractivity contribution is -0.187. The maximum atomic E-state index is 14.2. The van der Waals surface area contributed by atoms with E-state index in [1.165, 1.54) is 17.7 Å². The van der Waals surface area contributed by atoms with Crippen molar-refractivity contribution in [3.63, 3.8) is 0 Å². The van der Waals surface area contributed by atoms with Crippen LogP contribution in [0.2, 0.25) is 0 Å². The van der Waals surface area contributed by atoms with Gasteiger partial charge in [0.05, 0.1) is 23.5 Å². The summed E-state index contributed by atoms with van der Waals surface area (Å²) in [5, 5.41) is 7.88. The lowest BCUT2D eigenvalue weighted by atomic mass is 9.55. The van der Waals surface area contributed by atoms with Crippen molar-refractivity contribution in [2.75, 3.05) is 0 Å². The third-order valence-electron chi connectivity index (χ3n) is 8.45. The van der Waals surface area contributed by atoms with Gasteiger partial charge in [0.15, 0.2) is 0 Å². The third-order valence-corrected chi connectivity index (χ3v) is 8.45. The van der Waals surface area contributed by atoms with Crippen LogP contribution >= 0.6 is 0 Å². The van der Waals surface area contributed by atoms with E-state index in [0.29, 0.717) is 19.4 Å². The molecule has 192 valence electrons. The van der Waals surface area contributed by atoms with Gasteiger partial charge in [-0.25, -0.2) is 9.07 Å². The van der Waals surface area contributed by atoms with Crippen LogP contribution in [-0.2, 0) is 13.0 Å². The molecular weight excluding hydrogens is 480 g/mol. The highest BCUT2D eigenvalue weighted by atomic mass is 19.4. The molecule has 0 saturated heterocycles. The molecule has 6 rings (SSSR count). The number of hydrogen-bond acceptors (Lipinski definition) is 3. The molecule has 1 fully saturated rings. The molecule has 3 aliphatic carbocycles. The molecule has 8 heteroatoms. The molecule has 4 atom stereocenters. The van der Waals surface area contributed by atoms with Gasteiger partial charge < -0.3 is 5.32 Å². The van der Waals surface area contributed by atoms with Gasteiger partial charge >= 0.3 is 6.18 Å². The third kappa shape index (κ3) is 4.21. The highest BCUT2D eigenvalue weighted by molar-refractivity contribution is 5.63. The minimum atomic E-state index is -4.27. The van der Waals surface area contributed by atoms with E-state index in [9.17, 15) is 17.6 Å². The Kier molecular flexibility index (Phi) is 5.82. The molecule has 0 spiro atoms. The molecule has 1 saturated carbocycles. The molecule has 0 bridgehead atoms. The number of aromatic nitrogens is 3. The Morgan fingerprint density at radius 1 is 1.11 bits per heavy atom. The van der Waals surface area contributed by atoms with Gasteiger partial charge in [-0.2, -0.15) is 18.3 Å². The summed E-state index contributed by atoms with van der Waals surface area (Å²) in [4.78, 5) is 4.01. The van der Waals surface area contributed by atoms with E-state index in [2.05, 4.69) is 28.4 Å². The number of fused-ring (bicyclic) bond motifs is 4. The molecule has 1 N–H and O–H groups in total. The van der Waals surface area contributed by atoms with E-state index >= 15 is 0 Å². The minimum absolute atomic E-state index is 0.0199. The van der Waals surface area contributed by atoms with Crippen molar-refractivity contribution < 1.29 is 17.6 Å². The Balaban J connectivity index is 1.33. The minimum Gasteiger partial charge on any atom is -0.309 e. The van der Waals surface area contributed by atoms with Gasteiger partial charge in [-0.3, -0.25) is 4.98 Å². The molecule has 3 aromatic rings. The summed E-state index contributed by atoms with van der Waals surface area (Å²) in [6, 6.07) is 9.21. The molecule has 37 heavy (non-hydrogen) atoms. The van der Waals surface area contributed by atoms with Crippen LogP contribution in [-0.4, -0.2) is 27.0 Å². The highest BCUT2D eigenvalue weighted by Crippen LogP contribution is 2.57. The SMILES string of the molecule is C[C@]12Cc3cnn(-c4ccc(F)cc4)c3C=C1CC[C@H]1C2=CC[C@@H](C(F)(F)F)[C@@H]1NCc1ccncc1. The van der Waals surface area contributed by atoms with Crippen molar-refractivity contribution in [1.82, 2.24) is 20.1 Å². The zero-order valence-electron chi connectivity index (χ0n) is 20.5. The summed E-state index contributed by atoms with van der Waals surface area (Å²) < 4.78 is 57.8. The first-order chi connectivity index (χ1) is 17.7. The Morgan fingerprint density at radius 2 is 1.86 bits per heavy atom. The van der Waals surface area contributed by atoms with Gasteiger partial charge in [-0.15, -0.1) is 0 Å². The molecule has 2 heterocycles. The number of pyridine rings is 1. The van der Waals surface area contributed by atoms with Crippen molar-refractivity contribution in [3.05, 3.63) is 94.8 Å². The van der Waals surface area contributed by atoms with E-state index in [1.807, 2.05) is 29.1 Å². The predicted molar refractivity (Wildman–Crippen MR) is 133 cm³/mol. The number of benzene rings is 1. The van der Waals surface area contributed by atoms with Crippen molar-refractivity contribution in [3.8, 4) is 5.69 Å². The number of halogens is 4. The predicted octanol–water partition coefficient (Wildman–Crippen LogP) is 6.43. The van der Waals surface area contributed by atoms with Crippen molar-refractivity contribution in [1.29, 1.82) is 0 Å². The molecule has 4 nitrogen and oxygen atoms in total. The lowest BCUT2D eigenvalue weighted by Crippen LogP contribution is -2.53. The van der Waals surface area contributed by atoms with E-state index in [1.54, 1.807) is 24.5 Å². The van der Waals surface area contributed by atoms with Crippen LogP contribution in [0.1, 0.15) is 43.0 Å². The second-order valence-electron chi connectivity index (χ2n) is 10.6. The van der Waals surface area contributed by atoms with Crippen molar-refractivity contribution in [2.45, 2.75) is 51.4 Å². The number of rotatable bonds is 4. The Labute approximate surface area is 213 Å². The Bertz CT molecular complexity index is 1360. The summed E-state index contributed by atoms with van der Waals surface area (Å²) in [5.74, 6) is -1.92. The van der Waals surface area contributed by atoms with Crippen LogP contribution < -0.4 is 5.32 Å². The molecule has 0 radical (unpaired) electrons. The zero-order chi connectivity index (χ0) is 25.8. The molecule has 0 aliphatic heterocycles. The van der Waals surface area contributed by atoms with E-state index in [-0.39, 0.29) is 23.6 Å². The molecule has 0 amide bonds. The smallest absolute Gasteiger partial charge is 0.309 e. The molecular formula is C29H28F4N4. The topological polar surface area (TPSA) is 42.7 Å². The van der Waals surface area contributed by atoms with Crippen LogP contribution in [0.3, 0.4) is 0 Å². The standard InChI is InChI=1S/C29H28F4N4/c1-28-15-19-17-36-37(22-5-3-21(30)4-6-22)26(19)14-20(28)2-7-23-24(28)8-9-25(29(31,32)33)27(23)35-16-18-10-12-34-13-11-18/h3-6,8,10-14,17,23,25,27,35H,2,7,9,15-16H2,1H3/t23-,25+,27+,28-/m0/s1. The summed E-state index contributed by atoms with van der Waals surface area (Å²) in [6.45, 7) is 2.54. The van der Waals surface area contributed by atoms with E-state index in [4.69, 9.17) is 0 Å². The summed E-state index contributed by atoms with van der Waals surface area (Å²) in [6.07, 6.45) is 6.96. The summed E-state index contributed by atoms with van der Waals surface area (Å²) >= 11 is 0. The lowest BCUT2D eigenvalue weighted by Gasteiger charge is -2.51. The zero-order valence-corrected chi connectivity index (χ0v) is 20.5. The maximum absolute atomic E-state index is 14.2. The van der Waals surface area contributed by atoms with Gasteiger partial charge in [0, 0.05) is 30.4 Å². The Hall–Kier alpha value is -3.26. The first kappa shape index (κ1) is 24.1. The van der Waals surface area contributed by atoms with Crippen LogP contribution in [0.4, 0.5) is 17.6 Å². The molecule has 3 aliphatic rings. The van der Waals surface area contributed by atoms with Crippen LogP contribution in [0, 0.1) is 23.1 Å². The number of alkyl halides is 3. The average Bonchev–Trinajstić information content (AvgIpc) is 3.28. The first-order valence-corrected chi connectivity index (χ1v) is 12.7. The van der Waals surface area contributed by atoms with Crippen LogP contribution in [0.5, 0.6) is 0 Å². The van der Waals surface area contributed by atoms with Gasteiger partial charge in [0.1, 0.15) is 5.82 Å². The van der Waals surface area contributed by atoms with Crippen LogP contribution in [0.15, 0.2) is 72.2 Å². The Morgan fingerprint density at radius 3 is 2.59 bits per heavy atom. The maximum Gasteiger partial charge on any atom is 0.393 e. The average molecular weight is 509 g/mol. The second-order valence-corrected chi connectivity index (χ2v) is 10.6. The molecule has 1 aromatic carbocycles. The highest BCUT2D eigenvalue weighted by Gasteiger charge is 2.54. The fourth-order valence-electron chi connectivity index (χ4n) is 6.59. The second kappa shape index (κ2) is 8.94. The fraction of sp³-hybridized carbons (Fsp3) is 0.379. The quantitative estimate of drug-likeness (QED) is 0.326. The normalized spacial score (nSPS) is 27.0. The number of nitrogens with zero attached hydrogens (tertiary/aromatic N) is 3. The van der Waals surface area contributed by atoms with Gasteiger partial charge in [0.2, 0.25) is 0 Å². The monoisotopic (exact) mass is 508 g/mol. The van der Waals surface area contributed by atoms with Crippen molar-refractivity contribution in [2.24, 2.45) is 17.3 Å². The van der Waals surface area contributed by atoms with Gasteiger partial charge in [-0.05, 0) is 85.2 Å². The van der Waals surface area contributed by atoms with E-state index in [0.717, 1.165) is 34.5 Å². The number of allylic oxidation sites excluding steroid dienone is 2.